The van der Waals surface area contributed by atoms with Crippen LogP contribution in [-0.2, 0) is 19.1 Å². The third-order valence-electron chi connectivity index (χ3n) is 11.8. The first-order chi connectivity index (χ1) is 29.3. The number of allylic oxidation sites excluding steroid dienone is 1. The number of aliphatic imine (C=N–C) groups is 1. The maximum absolute atomic E-state index is 13.8. The van der Waals surface area contributed by atoms with Crippen molar-refractivity contribution in [3.05, 3.63) is 58.1 Å². The summed E-state index contributed by atoms with van der Waals surface area (Å²) in [6, 6.07) is 9.73. The van der Waals surface area contributed by atoms with E-state index >= 15 is 0 Å². The Bertz CT molecular complexity index is 2240. The van der Waals surface area contributed by atoms with Crippen LogP contribution in [-0.4, -0.2) is 108 Å². The molecule has 0 unspecified atom stereocenters. The fourth-order valence-corrected chi connectivity index (χ4v) is 9.09. The molecule has 2 fully saturated rings. The number of amides is 4. The average Bonchev–Trinajstić information content (AvgIpc) is 4.07. The first-order valence-electron chi connectivity index (χ1n) is 20.9. The van der Waals surface area contributed by atoms with Gasteiger partial charge in [0.15, 0.2) is 0 Å². The normalized spacial score (nSPS) is 19.8. The topological polar surface area (TPSA) is 177 Å². The Balaban J connectivity index is 1.11. The lowest BCUT2D eigenvalue weighted by Gasteiger charge is -2.31. The fraction of sp³-hybridized carbons (Fsp3) is 0.500. The highest BCUT2D eigenvalue weighted by atomic mass is 35.5. The van der Waals surface area contributed by atoms with Gasteiger partial charge in [-0.2, -0.15) is 0 Å². The highest BCUT2D eigenvalue weighted by Gasteiger charge is 2.40. The summed E-state index contributed by atoms with van der Waals surface area (Å²) >= 11 is 13.7. The number of halogens is 2. The number of aromatic amines is 1. The van der Waals surface area contributed by atoms with Gasteiger partial charge in [0, 0.05) is 53.9 Å². The summed E-state index contributed by atoms with van der Waals surface area (Å²) in [4.78, 5) is 68.1. The molecule has 17 heteroatoms. The molecular weight excluding hydrogens is 825 g/mol. The summed E-state index contributed by atoms with van der Waals surface area (Å²) in [7, 11) is 2.55. The summed E-state index contributed by atoms with van der Waals surface area (Å²) in [5.41, 5.74) is 5.44. The van der Waals surface area contributed by atoms with Crippen LogP contribution in [0.4, 0.5) is 9.59 Å². The number of carbonyl (C=O) groups excluding carboxylic acids is 4. The van der Waals surface area contributed by atoms with Crippen LogP contribution in [0, 0.1) is 11.8 Å². The van der Waals surface area contributed by atoms with E-state index in [-0.39, 0.29) is 35.7 Å². The van der Waals surface area contributed by atoms with Gasteiger partial charge in [0.05, 0.1) is 39.5 Å². The van der Waals surface area contributed by atoms with Gasteiger partial charge >= 0.3 is 12.2 Å². The second kappa shape index (κ2) is 18.8. The Morgan fingerprint density at radius 1 is 0.770 bits per heavy atom. The fourth-order valence-electron chi connectivity index (χ4n) is 8.55. The van der Waals surface area contributed by atoms with Crippen LogP contribution in [0.2, 0.25) is 5.15 Å². The van der Waals surface area contributed by atoms with Crippen molar-refractivity contribution in [3.8, 4) is 33.9 Å². The van der Waals surface area contributed by atoms with Crippen LogP contribution >= 0.6 is 23.2 Å². The van der Waals surface area contributed by atoms with Crippen molar-refractivity contribution in [2.24, 2.45) is 16.8 Å². The highest BCUT2D eigenvalue weighted by molar-refractivity contribution is 6.35. The number of imidazole rings is 1. The van der Waals surface area contributed by atoms with E-state index in [0.29, 0.717) is 78.9 Å². The van der Waals surface area contributed by atoms with Gasteiger partial charge in [-0.1, -0.05) is 63.0 Å². The first kappa shape index (κ1) is 43.8. The lowest BCUT2D eigenvalue weighted by molar-refractivity contribution is -0.135. The number of likely N-dealkylation sites (tertiary alicyclic amines) is 2. The van der Waals surface area contributed by atoms with Crippen molar-refractivity contribution in [2.75, 3.05) is 40.5 Å². The Labute approximate surface area is 365 Å². The minimum Gasteiger partial charge on any atom is -0.493 e. The van der Waals surface area contributed by atoms with Gasteiger partial charge in [0.25, 0.3) is 0 Å². The predicted molar refractivity (Wildman–Crippen MR) is 232 cm³/mol. The van der Waals surface area contributed by atoms with Gasteiger partial charge in [-0.25, -0.2) is 19.6 Å². The summed E-state index contributed by atoms with van der Waals surface area (Å²) in [5, 5.41) is 6.10. The summed E-state index contributed by atoms with van der Waals surface area (Å²) in [6.45, 7) is 9.46. The molecule has 2 aromatic carbocycles. The molecule has 4 atom stereocenters. The molecule has 7 rings (SSSR count). The second-order valence-electron chi connectivity index (χ2n) is 16.4. The van der Waals surface area contributed by atoms with Gasteiger partial charge in [-0.15, -0.1) is 0 Å². The van der Waals surface area contributed by atoms with Gasteiger partial charge in [0.2, 0.25) is 11.8 Å². The van der Waals surface area contributed by atoms with E-state index in [1.165, 1.54) is 14.2 Å². The Hall–Kier alpha value is -5.28. The number of carbonyl (C=O) groups is 4. The maximum atomic E-state index is 13.8. The van der Waals surface area contributed by atoms with E-state index < -0.39 is 24.3 Å². The van der Waals surface area contributed by atoms with Crippen LogP contribution in [0.1, 0.15) is 83.6 Å². The van der Waals surface area contributed by atoms with Crippen molar-refractivity contribution in [1.29, 1.82) is 0 Å². The SMILES string of the molecule is COC(=O)N[C@H](C(=O)N1CCC[C@H]1C1=NC(Cl)=C(c2ccc3c(c2)OCCCOc2cc(-c4nc([C@@H]5CCCN5C(=O)[C@@H](NC(=O)OC)C(C)C)[nH]c4Cl)ccc2-3)C1)C(C)C. The summed E-state index contributed by atoms with van der Waals surface area (Å²) in [5.74, 6) is 1.20. The molecule has 4 amide bonds. The van der Waals surface area contributed by atoms with Gasteiger partial charge in [0.1, 0.15) is 45.4 Å². The third-order valence-corrected chi connectivity index (χ3v) is 12.3. The number of nitrogens with one attached hydrogen (secondary N) is 3. The number of benzene rings is 2. The molecule has 0 radical (unpaired) electrons. The van der Waals surface area contributed by atoms with Gasteiger partial charge in [-0.05, 0) is 67.3 Å². The summed E-state index contributed by atoms with van der Waals surface area (Å²) < 4.78 is 22.3. The van der Waals surface area contributed by atoms with E-state index in [1.54, 1.807) is 4.90 Å². The molecule has 0 spiro atoms. The zero-order valence-electron chi connectivity index (χ0n) is 35.3. The lowest BCUT2D eigenvalue weighted by atomic mass is 9.94. The van der Waals surface area contributed by atoms with E-state index in [0.717, 1.165) is 52.8 Å². The van der Waals surface area contributed by atoms with Crippen molar-refractivity contribution in [1.82, 2.24) is 30.4 Å². The zero-order chi connectivity index (χ0) is 43.5. The van der Waals surface area contributed by atoms with Crippen molar-refractivity contribution in [3.63, 3.8) is 0 Å². The number of rotatable bonds is 10. The van der Waals surface area contributed by atoms with Gasteiger partial charge < -0.3 is 44.4 Å². The lowest BCUT2D eigenvalue weighted by Crippen LogP contribution is -2.53. The number of hydrogen-bond acceptors (Lipinski definition) is 10. The second-order valence-corrected chi connectivity index (χ2v) is 17.1. The van der Waals surface area contributed by atoms with E-state index in [4.69, 9.17) is 52.1 Å². The summed E-state index contributed by atoms with van der Waals surface area (Å²) in [6.07, 6.45) is 2.82. The zero-order valence-corrected chi connectivity index (χ0v) is 36.8. The quantitative estimate of drug-likeness (QED) is 0.172. The molecule has 326 valence electrons. The minimum atomic E-state index is -0.754. The van der Waals surface area contributed by atoms with E-state index in [2.05, 4.69) is 15.6 Å². The number of nitrogens with zero attached hydrogens (tertiary/aromatic N) is 4. The Morgan fingerprint density at radius 3 is 1.85 bits per heavy atom. The van der Waals surface area contributed by atoms with Gasteiger partial charge in [-0.3, -0.25) is 9.59 Å². The smallest absolute Gasteiger partial charge is 0.407 e. The Morgan fingerprint density at radius 2 is 1.30 bits per heavy atom. The van der Waals surface area contributed by atoms with Crippen molar-refractivity contribution in [2.45, 2.75) is 90.4 Å². The average molecular weight is 879 g/mol. The molecule has 15 nitrogen and oxygen atoms in total. The number of fused-ring (bicyclic) bond motifs is 3. The van der Waals surface area contributed by atoms with Crippen molar-refractivity contribution >= 4 is 58.5 Å². The molecular formula is C44H53Cl2N7O8. The van der Waals surface area contributed by atoms with Crippen LogP contribution in [0.3, 0.4) is 0 Å². The molecule has 5 heterocycles. The number of H-pyrrole nitrogens is 1. The van der Waals surface area contributed by atoms with E-state index in [1.807, 2.05) is 69.0 Å². The molecule has 0 bridgehead atoms. The largest absolute Gasteiger partial charge is 0.493 e. The molecule has 2 saturated heterocycles. The molecule has 1 aromatic heterocycles. The number of hydrogen-bond donors (Lipinski definition) is 3. The van der Waals surface area contributed by atoms with Crippen LogP contribution < -0.4 is 20.1 Å². The number of ether oxygens (including phenoxy) is 4. The first-order valence-corrected chi connectivity index (χ1v) is 21.6. The monoisotopic (exact) mass is 877 g/mol. The Kier molecular flexibility index (Phi) is 13.5. The molecule has 0 saturated carbocycles. The van der Waals surface area contributed by atoms with Crippen LogP contribution in [0.5, 0.6) is 11.5 Å². The number of methoxy groups -OCH3 is 2. The predicted octanol–water partition coefficient (Wildman–Crippen LogP) is 7.73. The third kappa shape index (κ3) is 9.18. The number of aromatic nitrogens is 2. The molecule has 3 N–H and O–H groups in total. The van der Waals surface area contributed by atoms with Crippen molar-refractivity contribution < 1.29 is 38.1 Å². The maximum Gasteiger partial charge on any atom is 0.407 e. The minimum absolute atomic E-state index is 0.142. The molecule has 4 aliphatic rings. The van der Waals surface area contributed by atoms with Crippen LogP contribution in [0.15, 0.2) is 46.5 Å². The molecule has 0 aliphatic carbocycles. The number of alkyl carbamates (subject to hydrolysis) is 2. The molecule has 3 aromatic rings. The molecule has 61 heavy (non-hydrogen) atoms. The highest BCUT2D eigenvalue weighted by Crippen LogP contribution is 2.44. The van der Waals surface area contributed by atoms with E-state index in [9.17, 15) is 19.2 Å². The molecule has 4 aliphatic heterocycles. The standard InChI is InChI=1S/C44H53Cl2N7O8/c1-23(2)35(49-43(56)58-5)41(54)52-16-7-10-31(52)30-22-29(38(45)47-30)25-12-14-27-28-15-13-26(21-34(28)61-19-9-18-60-33(27)20-25)37-39(46)51-40(48-37)32-11-8-17-53(32)42(55)36(24(3)4)50-44(57)59-6/h12-15,20-21,23-24,31-32,35-36H,7-11,16-19,22H2,1-6H3,(H,48,51)(H,49,56)(H,50,57)/t31-,32-,35-,36-/m0/s1. The van der Waals surface area contributed by atoms with Crippen LogP contribution in [0.25, 0.3) is 28.0 Å².